The average molecular weight is 447 g/mol. The van der Waals surface area contributed by atoms with Gasteiger partial charge in [0.1, 0.15) is 6.26 Å². The summed E-state index contributed by atoms with van der Waals surface area (Å²) in [6.45, 7) is 5.64. The van der Waals surface area contributed by atoms with E-state index in [2.05, 4.69) is 42.1 Å². The first-order chi connectivity index (χ1) is 10.8. The van der Waals surface area contributed by atoms with Crippen LogP contribution in [0.1, 0.15) is 11.3 Å². The molecule has 0 spiro atoms. The molecule has 23 heavy (non-hydrogen) atoms. The molecule has 3 rings (SSSR count). The highest BCUT2D eigenvalue weighted by Crippen LogP contribution is 2.08. The molecule has 1 aliphatic rings. The Morgan fingerprint density at radius 1 is 1.35 bits per heavy atom. The van der Waals surface area contributed by atoms with Crippen molar-refractivity contribution in [2.45, 2.75) is 13.1 Å². The highest BCUT2D eigenvalue weighted by molar-refractivity contribution is 14.0. The largest absolute Gasteiger partial charge is 0.364 e. The van der Waals surface area contributed by atoms with Crippen LogP contribution in [0.5, 0.6) is 0 Å². The van der Waals surface area contributed by atoms with Gasteiger partial charge in [0.15, 0.2) is 5.96 Å². The van der Waals surface area contributed by atoms with E-state index in [-0.39, 0.29) is 24.0 Å². The van der Waals surface area contributed by atoms with Crippen LogP contribution < -0.4 is 5.32 Å². The summed E-state index contributed by atoms with van der Waals surface area (Å²) in [5.41, 5.74) is 2.30. The van der Waals surface area contributed by atoms with Gasteiger partial charge in [-0.1, -0.05) is 5.16 Å². The first-order valence-electron chi connectivity index (χ1n) is 7.43. The Hall–Kier alpha value is -1.13. The van der Waals surface area contributed by atoms with Gasteiger partial charge in [-0.25, -0.2) is 0 Å². The minimum Gasteiger partial charge on any atom is -0.364 e. The van der Waals surface area contributed by atoms with Gasteiger partial charge >= 0.3 is 0 Å². The first-order valence-corrected chi connectivity index (χ1v) is 8.38. The number of thiophene rings is 1. The van der Waals surface area contributed by atoms with Gasteiger partial charge in [0, 0.05) is 52.4 Å². The van der Waals surface area contributed by atoms with Crippen molar-refractivity contribution in [1.82, 2.24) is 20.3 Å². The van der Waals surface area contributed by atoms with E-state index in [0.29, 0.717) is 0 Å². The molecule has 0 bridgehead atoms. The summed E-state index contributed by atoms with van der Waals surface area (Å²) in [5, 5.41) is 11.7. The van der Waals surface area contributed by atoms with Crippen LogP contribution in [0.15, 0.2) is 38.7 Å². The van der Waals surface area contributed by atoms with E-state index < -0.39 is 0 Å². The van der Waals surface area contributed by atoms with Crippen LogP contribution in [0.3, 0.4) is 0 Å². The summed E-state index contributed by atoms with van der Waals surface area (Å²) >= 11 is 1.72. The topological polar surface area (TPSA) is 56.9 Å². The van der Waals surface area contributed by atoms with Crippen molar-refractivity contribution in [3.05, 3.63) is 40.4 Å². The second-order valence-corrected chi connectivity index (χ2v) is 6.07. The molecule has 1 N–H and O–H groups in total. The van der Waals surface area contributed by atoms with Crippen molar-refractivity contribution in [2.75, 3.05) is 33.2 Å². The van der Waals surface area contributed by atoms with Crippen molar-refractivity contribution in [3.63, 3.8) is 0 Å². The molecule has 8 heteroatoms. The van der Waals surface area contributed by atoms with E-state index in [1.165, 1.54) is 5.56 Å². The number of hydrogen-bond donors (Lipinski definition) is 1. The van der Waals surface area contributed by atoms with E-state index in [1.54, 1.807) is 17.6 Å². The molecule has 0 saturated carbocycles. The predicted molar refractivity (Wildman–Crippen MR) is 103 cm³/mol. The summed E-state index contributed by atoms with van der Waals surface area (Å²) in [6, 6.07) is 4.06. The van der Waals surface area contributed by atoms with Crippen LogP contribution in [-0.2, 0) is 13.1 Å². The number of nitrogens with zero attached hydrogens (tertiary/aromatic N) is 4. The zero-order valence-electron chi connectivity index (χ0n) is 13.1. The number of halogens is 1. The first kappa shape index (κ1) is 18.2. The van der Waals surface area contributed by atoms with Crippen LogP contribution in [0.4, 0.5) is 0 Å². The molecule has 1 fully saturated rings. The maximum absolute atomic E-state index is 4.88. The Bertz CT molecular complexity index is 579. The second kappa shape index (κ2) is 9.24. The lowest BCUT2D eigenvalue weighted by molar-refractivity contribution is 0.169. The van der Waals surface area contributed by atoms with Gasteiger partial charge in [-0.15, -0.1) is 24.0 Å². The molecule has 0 amide bonds. The molecule has 0 unspecified atom stereocenters. The fraction of sp³-hybridized carbons (Fsp3) is 0.467. The van der Waals surface area contributed by atoms with Gasteiger partial charge in [0.05, 0.1) is 5.69 Å². The van der Waals surface area contributed by atoms with Gasteiger partial charge in [0.25, 0.3) is 0 Å². The molecular formula is C15H22IN5OS. The Morgan fingerprint density at radius 2 is 2.17 bits per heavy atom. The van der Waals surface area contributed by atoms with Crippen LogP contribution in [-0.4, -0.2) is 54.1 Å². The molecule has 1 saturated heterocycles. The number of guanidine groups is 1. The Labute approximate surface area is 157 Å². The number of nitrogens with one attached hydrogen (secondary N) is 1. The normalized spacial score (nSPS) is 16.2. The van der Waals surface area contributed by atoms with Gasteiger partial charge in [-0.3, -0.25) is 9.89 Å². The molecule has 2 aromatic rings. The highest BCUT2D eigenvalue weighted by atomic mass is 127. The van der Waals surface area contributed by atoms with Gasteiger partial charge in [0.2, 0.25) is 0 Å². The quantitative estimate of drug-likeness (QED) is 0.443. The molecule has 2 aromatic heterocycles. The fourth-order valence-corrected chi connectivity index (χ4v) is 3.24. The summed E-state index contributed by atoms with van der Waals surface area (Å²) < 4.78 is 4.88. The third kappa shape index (κ3) is 5.18. The molecule has 0 aromatic carbocycles. The number of piperazine rings is 1. The van der Waals surface area contributed by atoms with Gasteiger partial charge in [-0.05, 0) is 22.4 Å². The van der Waals surface area contributed by atoms with Crippen molar-refractivity contribution >= 4 is 41.3 Å². The van der Waals surface area contributed by atoms with Crippen molar-refractivity contribution < 1.29 is 4.52 Å². The standard InChI is InChI=1S/C15H21N5OS.HI/c1-16-15(17-10-13-3-9-22-12-13)20-6-4-19(5-7-20)11-14-2-8-21-18-14;/h2-3,8-9,12H,4-7,10-11H2,1H3,(H,16,17);1H. The zero-order chi connectivity index (χ0) is 15.2. The lowest BCUT2D eigenvalue weighted by Gasteiger charge is -2.36. The van der Waals surface area contributed by atoms with Crippen LogP contribution in [0.2, 0.25) is 0 Å². The number of aromatic nitrogens is 1. The summed E-state index contributed by atoms with van der Waals surface area (Å²) in [5.74, 6) is 0.979. The average Bonchev–Trinajstić information content (AvgIpc) is 3.23. The molecule has 0 radical (unpaired) electrons. The van der Waals surface area contributed by atoms with Gasteiger partial charge < -0.3 is 14.7 Å². The van der Waals surface area contributed by atoms with Crippen LogP contribution in [0, 0.1) is 0 Å². The smallest absolute Gasteiger partial charge is 0.194 e. The van der Waals surface area contributed by atoms with Gasteiger partial charge in [-0.2, -0.15) is 11.3 Å². The third-order valence-corrected chi connectivity index (χ3v) is 4.52. The molecule has 3 heterocycles. The van der Waals surface area contributed by atoms with E-state index >= 15 is 0 Å². The third-order valence-electron chi connectivity index (χ3n) is 3.79. The van der Waals surface area contributed by atoms with E-state index in [1.807, 2.05) is 13.1 Å². The van der Waals surface area contributed by atoms with Crippen molar-refractivity contribution in [1.29, 1.82) is 0 Å². The lowest BCUT2D eigenvalue weighted by Crippen LogP contribution is -2.52. The maximum atomic E-state index is 4.88. The predicted octanol–water partition coefficient (Wildman–Crippen LogP) is 2.25. The molecule has 1 aliphatic heterocycles. The Kier molecular flexibility index (Phi) is 7.31. The molecule has 6 nitrogen and oxygen atoms in total. The molecular weight excluding hydrogens is 425 g/mol. The summed E-state index contributed by atoms with van der Waals surface area (Å²) in [4.78, 5) is 9.10. The monoisotopic (exact) mass is 447 g/mol. The van der Waals surface area contributed by atoms with Crippen LogP contribution in [0.25, 0.3) is 0 Å². The van der Waals surface area contributed by atoms with E-state index in [4.69, 9.17) is 4.52 Å². The SMILES string of the molecule is CN=C(NCc1ccsc1)N1CCN(Cc2ccon2)CC1.I. The van der Waals surface area contributed by atoms with Crippen molar-refractivity contribution in [2.24, 2.45) is 4.99 Å². The Balaban J connectivity index is 0.00000192. The molecule has 126 valence electrons. The molecule has 0 aliphatic carbocycles. The number of hydrogen-bond acceptors (Lipinski definition) is 5. The highest BCUT2D eigenvalue weighted by Gasteiger charge is 2.20. The maximum Gasteiger partial charge on any atom is 0.194 e. The Morgan fingerprint density at radius 3 is 2.78 bits per heavy atom. The van der Waals surface area contributed by atoms with E-state index in [0.717, 1.165) is 50.9 Å². The van der Waals surface area contributed by atoms with Crippen molar-refractivity contribution in [3.8, 4) is 0 Å². The summed E-state index contributed by atoms with van der Waals surface area (Å²) in [6.07, 6.45) is 1.63. The second-order valence-electron chi connectivity index (χ2n) is 5.29. The minimum atomic E-state index is 0. The summed E-state index contributed by atoms with van der Waals surface area (Å²) in [7, 11) is 1.84. The number of aliphatic imine (C=N–C) groups is 1. The number of rotatable bonds is 4. The fourth-order valence-electron chi connectivity index (χ4n) is 2.57. The molecule has 0 atom stereocenters. The lowest BCUT2D eigenvalue weighted by atomic mass is 10.3. The van der Waals surface area contributed by atoms with Crippen LogP contribution >= 0.6 is 35.3 Å². The zero-order valence-corrected chi connectivity index (χ0v) is 16.3. The van der Waals surface area contributed by atoms with E-state index in [9.17, 15) is 0 Å². The minimum absolute atomic E-state index is 0.